The molecule has 0 saturated carbocycles. The fraction of sp³-hybridized carbons (Fsp3) is 0.667. The normalized spacial score (nSPS) is 21.1. The SMILES string of the molecule is C[SiH](C)[C@]1(n2cc(CC#CCNC(=O)C(F)(F)F)c(=O)[nH]c2=O)CC[C@@H](COC(C)(C)C)O1. The van der Waals surface area contributed by atoms with Crippen molar-refractivity contribution in [3.8, 4) is 11.8 Å². The molecular weight excluding hydrogens is 459 g/mol. The van der Waals surface area contributed by atoms with Crippen LogP contribution in [0.5, 0.6) is 0 Å². The van der Waals surface area contributed by atoms with Gasteiger partial charge >= 0.3 is 17.8 Å². The molecule has 1 fully saturated rings. The Morgan fingerprint density at radius 1 is 1.33 bits per heavy atom. The molecule has 1 aliphatic rings. The van der Waals surface area contributed by atoms with Crippen molar-refractivity contribution in [1.82, 2.24) is 14.9 Å². The van der Waals surface area contributed by atoms with Crippen molar-refractivity contribution in [2.75, 3.05) is 13.2 Å². The summed E-state index contributed by atoms with van der Waals surface area (Å²) in [4.78, 5) is 38.0. The molecule has 1 saturated heterocycles. The number of rotatable bonds is 6. The van der Waals surface area contributed by atoms with E-state index in [0.29, 0.717) is 19.4 Å². The van der Waals surface area contributed by atoms with Gasteiger partial charge in [0.05, 0.1) is 33.7 Å². The molecule has 2 N–H and O–H groups in total. The number of H-pyrrole nitrogens is 1. The van der Waals surface area contributed by atoms with Crippen LogP contribution in [0.25, 0.3) is 0 Å². The Bertz CT molecular complexity index is 1030. The Hall–Kier alpha value is -2.36. The molecule has 2 heterocycles. The number of ether oxygens (including phenoxy) is 2. The summed E-state index contributed by atoms with van der Waals surface area (Å²) in [5.41, 5.74) is -1.37. The van der Waals surface area contributed by atoms with Gasteiger partial charge in [0.1, 0.15) is 5.35 Å². The first-order valence-electron chi connectivity index (χ1n) is 10.6. The van der Waals surface area contributed by atoms with Crippen molar-refractivity contribution in [1.29, 1.82) is 0 Å². The van der Waals surface area contributed by atoms with Crippen molar-refractivity contribution in [3.63, 3.8) is 0 Å². The average molecular weight is 490 g/mol. The van der Waals surface area contributed by atoms with Gasteiger partial charge in [-0.05, 0) is 33.6 Å². The number of hydrogen-bond acceptors (Lipinski definition) is 5. The highest BCUT2D eigenvalue weighted by molar-refractivity contribution is 6.58. The maximum absolute atomic E-state index is 12.7. The number of aromatic amines is 1. The lowest BCUT2D eigenvalue weighted by molar-refractivity contribution is -0.173. The van der Waals surface area contributed by atoms with Crippen LogP contribution in [0, 0.1) is 11.8 Å². The molecule has 0 spiro atoms. The number of carbonyl (C=O) groups is 1. The lowest BCUT2D eigenvalue weighted by Crippen LogP contribution is -2.52. The second-order valence-corrected chi connectivity index (χ2v) is 12.4. The maximum Gasteiger partial charge on any atom is 0.471 e. The molecule has 2 rings (SSSR count). The van der Waals surface area contributed by atoms with E-state index in [9.17, 15) is 27.6 Å². The number of alkyl halides is 3. The fourth-order valence-electron chi connectivity index (χ4n) is 3.48. The van der Waals surface area contributed by atoms with Crippen molar-refractivity contribution in [3.05, 3.63) is 32.6 Å². The van der Waals surface area contributed by atoms with Crippen LogP contribution in [-0.2, 0) is 26.0 Å². The zero-order valence-electron chi connectivity index (χ0n) is 19.4. The van der Waals surface area contributed by atoms with E-state index in [-0.39, 0.29) is 23.7 Å². The van der Waals surface area contributed by atoms with Crippen LogP contribution in [0.15, 0.2) is 15.8 Å². The number of hydrogen-bond donors (Lipinski definition) is 2. The van der Waals surface area contributed by atoms with E-state index in [0.717, 1.165) is 0 Å². The summed E-state index contributed by atoms with van der Waals surface area (Å²) >= 11 is 0. The van der Waals surface area contributed by atoms with Gasteiger partial charge in [0.15, 0.2) is 0 Å². The molecule has 1 aliphatic heterocycles. The van der Waals surface area contributed by atoms with Crippen molar-refractivity contribution in [2.45, 2.75) is 76.4 Å². The minimum atomic E-state index is -4.99. The summed E-state index contributed by atoms with van der Waals surface area (Å²) < 4.78 is 50.2. The summed E-state index contributed by atoms with van der Waals surface area (Å²) in [5.74, 6) is 2.85. The van der Waals surface area contributed by atoms with Gasteiger partial charge in [-0.25, -0.2) is 4.79 Å². The predicted molar refractivity (Wildman–Crippen MR) is 119 cm³/mol. The summed E-state index contributed by atoms with van der Waals surface area (Å²) in [6, 6.07) is 0. The first-order valence-corrected chi connectivity index (χ1v) is 13.5. The van der Waals surface area contributed by atoms with E-state index in [1.54, 1.807) is 5.32 Å². The Labute approximate surface area is 191 Å². The van der Waals surface area contributed by atoms with Crippen LogP contribution >= 0.6 is 0 Å². The quantitative estimate of drug-likeness (QED) is 0.465. The second kappa shape index (κ2) is 10.3. The van der Waals surface area contributed by atoms with Gasteiger partial charge in [0, 0.05) is 18.2 Å². The van der Waals surface area contributed by atoms with Crippen LogP contribution in [0.2, 0.25) is 13.1 Å². The smallest absolute Gasteiger partial charge is 0.373 e. The van der Waals surface area contributed by atoms with E-state index < -0.39 is 44.0 Å². The second-order valence-electron chi connectivity index (χ2n) is 9.20. The number of nitrogens with one attached hydrogen (secondary N) is 2. The standard InChI is InChI=1S/C21H30F3N3O5Si/c1-19(2,3)31-13-15-9-10-20(32-15,33(4)5)27-12-14(16(28)26-18(27)30)8-6-7-11-25-17(29)21(22,23)24/h12,15,33H,8-11,13H2,1-5H3,(H,25,29)(H,26,28,30)/t15-,20-/m0/s1. The molecular formula is C21H30F3N3O5Si. The minimum Gasteiger partial charge on any atom is -0.373 e. The lowest BCUT2D eigenvalue weighted by atomic mass is 10.2. The molecule has 8 nitrogen and oxygen atoms in total. The monoisotopic (exact) mass is 489 g/mol. The van der Waals surface area contributed by atoms with Gasteiger partial charge in [-0.1, -0.05) is 24.9 Å². The highest BCUT2D eigenvalue weighted by atomic mass is 28.3. The number of carbonyl (C=O) groups excluding carboxylic acids is 1. The molecule has 0 aliphatic carbocycles. The van der Waals surface area contributed by atoms with Crippen LogP contribution in [0.1, 0.15) is 39.2 Å². The third-order valence-corrected chi connectivity index (χ3v) is 7.73. The highest BCUT2D eigenvalue weighted by Crippen LogP contribution is 2.37. The van der Waals surface area contributed by atoms with Crippen LogP contribution in [0.4, 0.5) is 13.2 Å². The molecule has 1 aromatic heterocycles. The topological polar surface area (TPSA) is 102 Å². The van der Waals surface area contributed by atoms with Gasteiger partial charge < -0.3 is 14.8 Å². The van der Waals surface area contributed by atoms with E-state index in [2.05, 4.69) is 16.8 Å². The zero-order chi connectivity index (χ0) is 25.0. The third-order valence-electron chi connectivity index (χ3n) is 5.22. The molecule has 0 bridgehead atoms. The van der Waals surface area contributed by atoms with Gasteiger partial charge in [-0.3, -0.25) is 19.1 Å². The van der Waals surface area contributed by atoms with E-state index in [1.807, 2.05) is 33.9 Å². The summed E-state index contributed by atoms with van der Waals surface area (Å²) in [6.45, 7) is 9.80. The van der Waals surface area contributed by atoms with Gasteiger partial charge in [-0.2, -0.15) is 13.2 Å². The van der Waals surface area contributed by atoms with E-state index in [1.165, 1.54) is 10.8 Å². The largest absolute Gasteiger partial charge is 0.471 e. The molecule has 1 aromatic rings. The Morgan fingerprint density at radius 2 is 2.00 bits per heavy atom. The lowest BCUT2D eigenvalue weighted by Gasteiger charge is -2.35. The van der Waals surface area contributed by atoms with Crippen molar-refractivity contribution >= 4 is 14.7 Å². The van der Waals surface area contributed by atoms with Gasteiger partial charge in [0.2, 0.25) is 0 Å². The zero-order valence-corrected chi connectivity index (χ0v) is 20.5. The van der Waals surface area contributed by atoms with Crippen LogP contribution < -0.4 is 16.6 Å². The Balaban J connectivity index is 2.21. The van der Waals surface area contributed by atoms with Crippen LogP contribution in [-0.4, -0.2) is 55.3 Å². The number of aromatic nitrogens is 2. The number of halogens is 3. The van der Waals surface area contributed by atoms with Gasteiger partial charge in [0.25, 0.3) is 5.56 Å². The van der Waals surface area contributed by atoms with E-state index >= 15 is 0 Å². The van der Waals surface area contributed by atoms with Crippen LogP contribution in [0.3, 0.4) is 0 Å². The summed E-state index contributed by atoms with van der Waals surface area (Å²) in [7, 11) is -1.65. The molecule has 184 valence electrons. The highest BCUT2D eigenvalue weighted by Gasteiger charge is 2.46. The van der Waals surface area contributed by atoms with Crippen molar-refractivity contribution in [2.24, 2.45) is 0 Å². The van der Waals surface area contributed by atoms with E-state index in [4.69, 9.17) is 9.47 Å². The molecule has 12 heteroatoms. The van der Waals surface area contributed by atoms with Gasteiger partial charge in [-0.15, -0.1) is 0 Å². The number of amides is 1. The fourth-order valence-corrected chi connectivity index (χ4v) is 5.43. The molecule has 0 radical (unpaired) electrons. The molecule has 0 aromatic carbocycles. The Kier molecular flexibility index (Phi) is 8.37. The van der Waals surface area contributed by atoms with Crippen molar-refractivity contribution < 1.29 is 27.4 Å². The Morgan fingerprint density at radius 3 is 2.58 bits per heavy atom. The molecule has 0 unspecified atom stereocenters. The maximum atomic E-state index is 12.7. The minimum absolute atomic E-state index is 0.107. The average Bonchev–Trinajstić information content (AvgIpc) is 3.11. The summed E-state index contributed by atoms with van der Waals surface area (Å²) in [6.07, 6.45) is -2.58. The summed E-state index contributed by atoms with van der Waals surface area (Å²) in [5, 5.41) is 0.781. The first-order chi connectivity index (χ1) is 15.2. The number of nitrogens with zero attached hydrogens (tertiary/aromatic N) is 1. The third kappa shape index (κ3) is 7.06. The molecule has 2 atom stereocenters. The molecule has 1 amide bonds. The molecule has 33 heavy (non-hydrogen) atoms. The first kappa shape index (κ1) is 26.9. The predicted octanol–water partition coefficient (Wildman–Crippen LogP) is 1.43.